The molecule has 1 aliphatic heterocycles. The first-order valence-corrected chi connectivity index (χ1v) is 7.30. The third-order valence-electron chi connectivity index (χ3n) is 3.26. The zero-order chi connectivity index (χ0) is 15.0. The minimum Gasteiger partial charge on any atom is -0.273 e. The fourth-order valence-corrected chi connectivity index (χ4v) is 3.41. The molecule has 106 valence electrons. The maximum atomic E-state index is 11.8. The van der Waals surface area contributed by atoms with E-state index in [2.05, 4.69) is 10.6 Å². The SMILES string of the molecule is CCc1sc2ccccc2c1C=C1C(=O)NC(=O)NC1=O. The Balaban J connectivity index is 2.16. The highest BCUT2D eigenvalue weighted by molar-refractivity contribution is 7.19. The van der Waals surface area contributed by atoms with Crippen LogP contribution in [0.1, 0.15) is 17.4 Å². The summed E-state index contributed by atoms with van der Waals surface area (Å²) in [5.41, 5.74) is 0.820. The van der Waals surface area contributed by atoms with Gasteiger partial charge in [-0.3, -0.25) is 20.2 Å². The summed E-state index contributed by atoms with van der Waals surface area (Å²) in [4.78, 5) is 35.8. The molecule has 3 rings (SSSR count). The van der Waals surface area contributed by atoms with Crippen molar-refractivity contribution < 1.29 is 14.4 Å². The Hall–Kier alpha value is -2.47. The van der Waals surface area contributed by atoms with Gasteiger partial charge in [0, 0.05) is 9.58 Å². The predicted octanol–water partition coefficient (Wildman–Crippen LogP) is 2.21. The number of carbonyl (C=O) groups is 3. The second-order valence-corrected chi connectivity index (χ2v) is 5.72. The van der Waals surface area contributed by atoms with Gasteiger partial charge in [0.05, 0.1) is 0 Å². The summed E-state index contributed by atoms with van der Waals surface area (Å²) < 4.78 is 1.11. The maximum absolute atomic E-state index is 11.8. The molecule has 0 spiro atoms. The molecule has 2 N–H and O–H groups in total. The lowest BCUT2D eigenvalue weighted by Crippen LogP contribution is -2.51. The van der Waals surface area contributed by atoms with Gasteiger partial charge in [-0.1, -0.05) is 25.1 Å². The van der Waals surface area contributed by atoms with Crippen LogP contribution in [0.3, 0.4) is 0 Å². The summed E-state index contributed by atoms with van der Waals surface area (Å²) in [7, 11) is 0. The number of fused-ring (bicyclic) bond motifs is 1. The molecule has 2 heterocycles. The Morgan fingerprint density at radius 2 is 1.76 bits per heavy atom. The first-order chi connectivity index (χ1) is 10.1. The Labute approximate surface area is 124 Å². The van der Waals surface area contributed by atoms with Gasteiger partial charge in [0.15, 0.2) is 0 Å². The van der Waals surface area contributed by atoms with Crippen molar-refractivity contribution in [1.82, 2.24) is 10.6 Å². The largest absolute Gasteiger partial charge is 0.328 e. The molecule has 0 unspecified atom stereocenters. The highest BCUT2D eigenvalue weighted by Gasteiger charge is 2.28. The van der Waals surface area contributed by atoms with Crippen molar-refractivity contribution in [3.05, 3.63) is 40.3 Å². The van der Waals surface area contributed by atoms with E-state index in [-0.39, 0.29) is 5.57 Å². The van der Waals surface area contributed by atoms with Crippen LogP contribution < -0.4 is 10.6 Å². The Morgan fingerprint density at radius 1 is 1.10 bits per heavy atom. The van der Waals surface area contributed by atoms with Gasteiger partial charge < -0.3 is 0 Å². The van der Waals surface area contributed by atoms with E-state index < -0.39 is 17.8 Å². The fraction of sp³-hybridized carbons (Fsp3) is 0.133. The third kappa shape index (κ3) is 2.34. The summed E-state index contributed by atoms with van der Waals surface area (Å²) >= 11 is 1.64. The molecule has 1 saturated heterocycles. The lowest BCUT2D eigenvalue weighted by molar-refractivity contribution is -0.123. The van der Waals surface area contributed by atoms with Crippen LogP contribution >= 0.6 is 11.3 Å². The van der Waals surface area contributed by atoms with E-state index in [1.165, 1.54) is 0 Å². The molecule has 2 aromatic rings. The van der Waals surface area contributed by atoms with E-state index >= 15 is 0 Å². The van der Waals surface area contributed by atoms with Gasteiger partial charge in [-0.05, 0) is 29.5 Å². The lowest BCUT2D eigenvalue weighted by atomic mass is 10.0. The topological polar surface area (TPSA) is 75.3 Å². The molecule has 1 fully saturated rings. The Bertz CT molecular complexity index is 782. The van der Waals surface area contributed by atoms with E-state index in [4.69, 9.17) is 0 Å². The van der Waals surface area contributed by atoms with Crippen molar-refractivity contribution in [3.63, 3.8) is 0 Å². The van der Waals surface area contributed by atoms with Crippen molar-refractivity contribution in [2.45, 2.75) is 13.3 Å². The number of barbiturate groups is 1. The van der Waals surface area contributed by atoms with Gasteiger partial charge in [-0.2, -0.15) is 0 Å². The van der Waals surface area contributed by atoms with Crippen LogP contribution in [-0.2, 0) is 16.0 Å². The minimum atomic E-state index is -0.784. The molecule has 6 heteroatoms. The number of benzene rings is 1. The van der Waals surface area contributed by atoms with Gasteiger partial charge in [-0.15, -0.1) is 11.3 Å². The summed E-state index contributed by atoms with van der Waals surface area (Å²) in [5.74, 6) is -1.33. The standard InChI is InChI=1S/C15H12N2O3S/c1-2-11-9(8-5-3-4-6-12(8)21-11)7-10-13(18)16-15(20)17-14(10)19/h3-7H,2H2,1H3,(H2,16,17,18,19,20). The van der Waals surface area contributed by atoms with Gasteiger partial charge in [0.1, 0.15) is 5.57 Å². The van der Waals surface area contributed by atoms with Gasteiger partial charge in [0.25, 0.3) is 11.8 Å². The second-order valence-electron chi connectivity index (χ2n) is 4.58. The Morgan fingerprint density at radius 3 is 2.43 bits per heavy atom. The highest BCUT2D eigenvalue weighted by Crippen LogP contribution is 2.33. The van der Waals surface area contributed by atoms with Gasteiger partial charge in [0.2, 0.25) is 0 Å². The molecule has 0 saturated carbocycles. The van der Waals surface area contributed by atoms with E-state index in [0.29, 0.717) is 0 Å². The number of urea groups is 1. The monoisotopic (exact) mass is 300 g/mol. The Kier molecular flexibility index (Phi) is 3.31. The number of imide groups is 2. The number of aryl methyl sites for hydroxylation is 1. The summed E-state index contributed by atoms with van der Waals surface area (Å²) in [6.45, 7) is 2.03. The molecule has 0 radical (unpaired) electrons. The molecular formula is C15H12N2O3S. The normalized spacial score (nSPS) is 15.1. The van der Waals surface area contributed by atoms with Crippen LogP contribution in [0.15, 0.2) is 29.8 Å². The average Bonchev–Trinajstić information content (AvgIpc) is 2.80. The van der Waals surface area contributed by atoms with Crippen LogP contribution in [0.4, 0.5) is 4.79 Å². The molecule has 1 aliphatic rings. The van der Waals surface area contributed by atoms with E-state index in [1.807, 2.05) is 31.2 Å². The second kappa shape index (κ2) is 5.14. The van der Waals surface area contributed by atoms with Crippen LogP contribution in [0, 0.1) is 0 Å². The van der Waals surface area contributed by atoms with Crippen molar-refractivity contribution in [1.29, 1.82) is 0 Å². The van der Waals surface area contributed by atoms with Gasteiger partial charge in [-0.25, -0.2) is 4.79 Å². The molecule has 0 aliphatic carbocycles. The summed E-state index contributed by atoms with van der Waals surface area (Å²) in [5, 5.41) is 5.17. The van der Waals surface area contributed by atoms with E-state index in [9.17, 15) is 14.4 Å². The molecule has 0 bridgehead atoms. The number of carbonyl (C=O) groups excluding carboxylic acids is 3. The van der Waals surface area contributed by atoms with Crippen LogP contribution in [0.5, 0.6) is 0 Å². The fourth-order valence-electron chi connectivity index (χ4n) is 2.29. The van der Waals surface area contributed by atoms with E-state index in [1.54, 1.807) is 17.4 Å². The smallest absolute Gasteiger partial charge is 0.273 e. The highest BCUT2D eigenvalue weighted by atomic mass is 32.1. The van der Waals surface area contributed by atoms with Crippen molar-refractivity contribution in [3.8, 4) is 0 Å². The van der Waals surface area contributed by atoms with Crippen molar-refractivity contribution >= 4 is 45.3 Å². The summed E-state index contributed by atoms with van der Waals surface area (Å²) in [6.07, 6.45) is 2.37. The van der Waals surface area contributed by atoms with Crippen LogP contribution in [-0.4, -0.2) is 17.8 Å². The average molecular weight is 300 g/mol. The van der Waals surface area contributed by atoms with Crippen molar-refractivity contribution in [2.75, 3.05) is 0 Å². The minimum absolute atomic E-state index is 0.0483. The van der Waals surface area contributed by atoms with Gasteiger partial charge >= 0.3 is 6.03 Å². The maximum Gasteiger partial charge on any atom is 0.328 e. The van der Waals surface area contributed by atoms with E-state index in [0.717, 1.165) is 26.9 Å². The third-order valence-corrected chi connectivity index (χ3v) is 4.59. The molecular weight excluding hydrogens is 288 g/mol. The molecule has 4 amide bonds. The van der Waals surface area contributed by atoms with Crippen LogP contribution in [0.2, 0.25) is 0 Å². The van der Waals surface area contributed by atoms with Crippen molar-refractivity contribution in [2.24, 2.45) is 0 Å². The quantitative estimate of drug-likeness (QED) is 0.659. The zero-order valence-corrected chi connectivity index (χ0v) is 12.0. The number of thiophene rings is 1. The molecule has 1 aromatic carbocycles. The number of hydrogen-bond donors (Lipinski definition) is 2. The summed E-state index contributed by atoms with van der Waals surface area (Å²) in [6, 6.07) is 7.05. The molecule has 5 nitrogen and oxygen atoms in total. The molecule has 21 heavy (non-hydrogen) atoms. The lowest BCUT2D eigenvalue weighted by Gasteiger charge is -2.14. The number of nitrogens with one attached hydrogen (secondary N) is 2. The van der Waals surface area contributed by atoms with Crippen LogP contribution in [0.25, 0.3) is 16.2 Å². The first-order valence-electron chi connectivity index (χ1n) is 6.49. The number of amides is 4. The zero-order valence-electron chi connectivity index (χ0n) is 11.2. The predicted molar refractivity (Wildman–Crippen MR) is 80.9 cm³/mol. The number of rotatable bonds is 2. The first kappa shape index (κ1) is 13.5. The number of hydrogen-bond acceptors (Lipinski definition) is 4. The molecule has 0 atom stereocenters. The molecule has 1 aromatic heterocycles.